The number of aromatic amines is 1. The summed E-state index contributed by atoms with van der Waals surface area (Å²) >= 11 is 0. The number of carbonyl (C=O) groups excluding carboxylic acids is 2. The van der Waals surface area contributed by atoms with E-state index in [2.05, 4.69) is 10.3 Å². The standard InChI is InChI=1S/C23H26N4O4/c1-2-24-22(29)20(13-17-14-25-19-6-4-3-5-18(17)19)27-15-16(7-8-21(27)28)23(30)26-9-11-31-12-10-26/h3-8,14-15,20,25H,2,9-13H2,1H3,(H,24,29)/t20-/m0/s1. The second kappa shape index (κ2) is 9.18. The molecule has 1 saturated heterocycles. The van der Waals surface area contributed by atoms with E-state index < -0.39 is 6.04 Å². The van der Waals surface area contributed by atoms with E-state index in [1.54, 1.807) is 4.90 Å². The van der Waals surface area contributed by atoms with Crippen LogP contribution in [0.3, 0.4) is 0 Å². The van der Waals surface area contributed by atoms with Gasteiger partial charge in [-0.3, -0.25) is 14.4 Å². The Morgan fingerprint density at radius 1 is 1.16 bits per heavy atom. The number of hydrogen-bond acceptors (Lipinski definition) is 4. The van der Waals surface area contributed by atoms with Crippen molar-refractivity contribution in [3.05, 3.63) is 70.3 Å². The molecule has 1 aliphatic rings. The van der Waals surface area contributed by atoms with E-state index in [1.165, 1.54) is 22.9 Å². The molecular formula is C23H26N4O4. The van der Waals surface area contributed by atoms with Crippen LogP contribution in [0, 0.1) is 0 Å². The van der Waals surface area contributed by atoms with Crippen molar-refractivity contribution in [3.63, 3.8) is 0 Å². The molecule has 4 rings (SSSR count). The lowest BCUT2D eigenvalue weighted by molar-refractivity contribution is -0.124. The van der Waals surface area contributed by atoms with E-state index in [-0.39, 0.29) is 17.4 Å². The number of aromatic nitrogens is 2. The van der Waals surface area contributed by atoms with Crippen LogP contribution in [-0.4, -0.2) is 59.1 Å². The Hall–Kier alpha value is -3.39. The summed E-state index contributed by atoms with van der Waals surface area (Å²) in [6.07, 6.45) is 3.70. The van der Waals surface area contributed by atoms with Gasteiger partial charge in [-0.15, -0.1) is 0 Å². The number of para-hydroxylation sites is 1. The van der Waals surface area contributed by atoms with Crippen molar-refractivity contribution in [2.75, 3.05) is 32.8 Å². The highest BCUT2D eigenvalue weighted by Gasteiger charge is 2.25. The van der Waals surface area contributed by atoms with Crippen LogP contribution in [0.5, 0.6) is 0 Å². The summed E-state index contributed by atoms with van der Waals surface area (Å²) in [7, 11) is 0. The van der Waals surface area contributed by atoms with E-state index >= 15 is 0 Å². The van der Waals surface area contributed by atoms with E-state index in [0.717, 1.165) is 16.5 Å². The van der Waals surface area contributed by atoms with Crippen LogP contribution in [0.4, 0.5) is 0 Å². The molecule has 2 amide bonds. The zero-order valence-corrected chi connectivity index (χ0v) is 17.5. The van der Waals surface area contributed by atoms with Crippen molar-refractivity contribution in [1.29, 1.82) is 0 Å². The summed E-state index contributed by atoms with van der Waals surface area (Å²) in [4.78, 5) is 43.5. The number of likely N-dealkylation sites (N-methyl/N-ethyl adjacent to an activating group) is 1. The van der Waals surface area contributed by atoms with Gasteiger partial charge in [-0.25, -0.2) is 0 Å². The van der Waals surface area contributed by atoms with Crippen LogP contribution in [0.1, 0.15) is 28.9 Å². The zero-order valence-electron chi connectivity index (χ0n) is 17.5. The fourth-order valence-corrected chi connectivity index (χ4v) is 3.94. The van der Waals surface area contributed by atoms with Crippen molar-refractivity contribution in [1.82, 2.24) is 19.8 Å². The topological polar surface area (TPSA) is 96.4 Å². The third-order valence-electron chi connectivity index (χ3n) is 5.56. The molecule has 31 heavy (non-hydrogen) atoms. The van der Waals surface area contributed by atoms with Gasteiger partial charge in [0.25, 0.3) is 11.5 Å². The molecule has 2 N–H and O–H groups in total. The molecule has 0 unspecified atom stereocenters. The zero-order chi connectivity index (χ0) is 21.8. The highest BCUT2D eigenvalue weighted by molar-refractivity contribution is 5.94. The van der Waals surface area contributed by atoms with Gasteiger partial charge in [0.2, 0.25) is 5.91 Å². The number of rotatable bonds is 6. The van der Waals surface area contributed by atoms with Crippen molar-refractivity contribution in [2.24, 2.45) is 0 Å². The number of carbonyl (C=O) groups is 2. The smallest absolute Gasteiger partial charge is 0.255 e. The first kappa shape index (κ1) is 20.9. The molecule has 1 atom stereocenters. The number of ether oxygens (including phenoxy) is 1. The first-order chi connectivity index (χ1) is 15.1. The van der Waals surface area contributed by atoms with Crippen molar-refractivity contribution in [2.45, 2.75) is 19.4 Å². The number of nitrogens with one attached hydrogen (secondary N) is 2. The minimum absolute atomic E-state index is 0.168. The van der Waals surface area contributed by atoms with E-state index in [9.17, 15) is 14.4 Å². The average molecular weight is 422 g/mol. The van der Waals surface area contributed by atoms with Gasteiger partial charge >= 0.3 is 0 Å². The third kappa shape index (κ3) is 4.39. The van der Waals surface area contributed by atoms with Crippen molar-refractivity contribution < 1.29 is 14.3 Å². The molecule has 8 nitrogen and oxygen atoms in total. The van der Waals surface area contributed by atoms with Gasteiger partial charge in [-0.1, -0.05) is 18.2 Å². The first-order valence-corrected chi connectivity index (χ1v) is 10.5. The number of benzene rings is 1. The number of H-pyrrole nitrogens is 1. The average Bonchev–Trinajstić information content (AvgIpc) is 3.21. The molecule has 1 aliphatic heterocycles. The monoisotopic (exact) mass is 422 g/mol. The van der Waals surface area contributed by atoms with Crippen LogP contribution >= 0.6 is 0 Å². The van der Waals surface area contributed by atoms with Crippen LogP contribution in [-0.2, 0) is 16.0 Å². The van der Waals surface area contributed by atoms with Crippen LogP contribution in [0.25, 0.3) is 10.9 Å². The van der Waals surface area contributed by atoms with Gasteiger partial charge in [-0.2, -0.15) is 0 Å². The number of pyridine rings is 1. The Morgan fingerprint density at radius 2 is 1.94 bits per heavy atom. The number of morpholine rings is 1. The maximum Gasteiger partial charge on any atom is 0.255 e. The fraction of sp³-hybridized carbons (Fsp3) is 0.348. The maximum atomic E-state index is 12.9. The normalized spacial score (nSPS) is 15.1. The molecule has 1 aromatic carbocycles. The molecule has 8 heteroatoms. The Bertz CT molecular complexity index is 1140. The minimum atomic E-state index is -0.774. The predicted octanol–water partition coefficient (Wildman–Crippen LogP) is 1.72. The first-order valence-electron chi connectivity index (χ1n) is 10.5. The number of fused-ring (bicyclic) bond motifs is 1. The Labute approximate surface area is 179 Å². The molecule has 0 aliphatic carbocycles. The summed E-state index contributed by atoms with van der Waals surface area (Å²) < 4.78 is 6.69. The molecule has 1 fully saturated rings. The van der Waals surface area contributed by atoms with Gasteiger partial charge in [0, 0.05) is 55.4 Å². The van der Waals surface area contributed by atoms with E-state index in [4.69, 9.17) is 4.74 Å². The SMILES string of the molecule is CCNC(=O)[C@H](Cc1c[nH]c2ccccc12)n1cc(C(=O)N2CCOCC2)ccc1=O. The molecule has 2 aromatic heterocycles. The van der Waals surface area contributed by atoms with Gasteiger partial charge < -0.3 is 24.5 Å². The summed E-state index contributed by atoms with van der Waals surface area (Å²) in [5, 5.41) is 3.83. The molecular weight excluding hydrogens is 396 g/mol. The van der Waals surface area contributed by atoms with Gasteiger partial charge in [-0.05, 0) is 24.6 Å². The minimum Gasteiger partial charge on any atom is -0.378 e. The second-order valence-corrected chi connectivity index (χ2v) is 7.54. The van der Waals surface area contributed by atoms with Gasteiger partial charge in [0.15, 0.2) is 0 Å². The largest absolute Gasteiger partial charge is 0.378 e. The molecule has 3 heterocycles. The summed E-state index contributed by atoms with van der Waals surface area (Å²) in [5.74, 6) is -0.426. The Morgan fingerprint density at radius 3 is 2.71 bits per heavy atom. The highest BCUT2D eigenvalue weighted by Crippen LogP contribution is 2.23. The lowest BCUT2D eigenvalue weighted by Crippen LogP contribution is -2.42. The van der Waals surface area contributed by atoms with Crippen LogP contribution in [0.15, 0.2) is 53.6 Å². The summed E-state index contributed by atoms with van der Waals surface area (Å²) in [6.45, 7) is 4.28. The van der Waals surface area contributed by atoms with Crippen LogP contribution < -0.4 is 10.9 Å². The lowest BCUT2D eigenvalue weighted by atomic mass is 10.0. The molecule has 0 bridgehead atoms. The van der Waals surface area contributed by atoms with E-state index in [1.807, 2.05) is 37.4 Å². The molecule has 3 aromatic rings. The molecule has 0 radical (unpaired) electrons. The highest BCUT2D eigenvalue weighted by atomic mass is 16.5. The van der Waals surface area contributed by atoms with E-state index in [0.29, 0.717) is 44.8 Å². The lowest BCUT2D eigenvalue weighted by Gasteiger charge is -2.27. The second-order valence-electron chi connectivity index (χ2n) is 7.54. The number of nitrogens with zero attached hydrogens (tertiary/aromatic N) is 2. The Kier molecular flexibility index (Phi) is 6.18. The fourth-order valence-electron chi connectivity index (χ4n) is 3.94. The van der Waals surface area contributed by atoms with Crippen molar-refractivity contribution >= 4 is 22.7 Å². The number of hydrogen-bond donors (Lipinski definition) is 2. The molecule has 0 saturated carbocycles. The van der Waals surface area contributed by atoms with Gasteiger partial charge in [0.05, 0.1) is 18.8 Å². The summed E-state index contributed by atoms with van der Waals surface area (Å²) in [5.41, 5.74) is 1.96. The quantitative estimate of drug-likeness (QED) is 0.632. The third-order valence-corrected chi connectivity index (χ3v) is 5.56. The molecule has 0 spiro atoms. The predicted molar refractivity (Wildman–Crippen MR) is 117 cm³/mol. The Balaban J connectivity index is 1.70. The summed E-state index contributed by atoms with van der Waals surface area (Å²) in [6, 6.07) is 9.94. The number of amides is 2. The molecule has 162 valence electrons. The van der Waals surface area contributed by atoms with Crippen LogP contribution in [0.2, 0.25) is 0 Å². The van der Waals surface area contributed by atoms with Gasteiger partial charge in [0.1, 0.15) is 6.04 Å². The van der Waals surface area contributed by atoms with Crippen molar-refractivity contribution in [3.8, 4) is 0 Å². The maximum absolute atomic E-state index is 12.9.